The maximum atomic E-state index is 5.62. The molecule has 0 aliphatic heterocycles. The Kier molecular flexibility index (Phi) is 2.40. The summed E-state index contributed by atoms with van der Waals surface area (Å²) in [5.74, 6) is 0. The second-order valence-electron chi connectivity index (χ2n) is 2.23. The normalized spacial score (nSPS) is 13.1. The molecule has 1 atom stereocenters. The van der Waals surface area contributed by atoms with Gasteiger partial charge in [-0.15, -0.1) is 0 Å². The second-order valence-corrected chi connectivity index (χ2v) is 3.14. The van der Waals surface area contributed by atoms with Gasteiger partial charge in [0.25, 0.3) is 0 Å². The zero-order chi connectivity index (χ0) is 7.56. The van der Waals surface area contributed by atoms with Crippen LogP contribution in [0.5, 0.6) is 0 Å². The van der Waals surface area contributed by atoms with Crippen molar-refractivity contribution in [3.05, 3.63) is 28.5 Å². The maximum absolute atomic E-state index is 5.62. The summed E-state index contributed by atoms with van der Waals surface area (Å²) in [5.41, 5.74) is 6.67. The molecule has 0 unspecified atom stereocenters. The molecule has 0 aliphatic carbocycles. The molecule has 1 rings (SSSR count). The van der Waals surface area contributed by atoms with Gasteiger partial charge in [-0.1, -0.05) is 0 Å². The minimum atomic E-state index is 0.0602. The molecular weight excluding hydrogens is 192 g/mol. The van der Waals surface area contributed by atoms with Gasteiger partial charge < -0.3 is 5.73 Å². The Labute approximate surface area is 68.6 Å². The lowest BCUT2D eigenvalue weighted by Gasteiger charge is -2.03. The average molecular weight is 201 g/mol. The van der Waals surface area contributed by atoms with Crippen molar-refractivity contribution in [3.8, 4) is 0 Å². The summed E-state index contributed by atoms with van der Waals surface area (Å²) in [6.07, 6.45) is 3.52. The van der Waals surface area contributed by atoms with Crippen molar-refractivity contribution in [3.63, 3.8) is 0 Å². The van der Waals surface area contributed by atoms with Gasteiger partial charge in [0.2, 0.25) is 0 Å². The maximum Gasteiger partial charge on any atom is 0.0410 e. The largest absolute Gasteiger partial charge is 0.324 e. The van der Waals surface area contributed by atoms with Gasteiger partial charge in [0.15, 0.2) is 0 Å². The van der Waals surface area contributed by atoms with Crippen LogP contribution in [0.15, 0.2) is 22.9 Å². The molecule has 3 heteroatoms. The fraction of sp³-hybridized carbons (Fsp3) is 0.286. The Morgan fingerprint density at radius 3 is 2.70 bits per heavy atom. The zero-order valence-corrected chi connectivity index (χ0v) is 7.30. The molecule has 1 aromatic heterocycles. The van der Waals surface area contributed by atoms with E-state index in [1.807, 2.05) is 13.0 Å². The predicted molar refractivity (Wildman–Crippen MR) is 44.5 cm³/mol. The lowest BCUT2D eigenvalue weighted by atomic mass is 10.2. The number of rotatable bonds is 1. The van der Waals surface area contributed by atoms with E-state index in [2.05, 4.69) is 20.9 Å². The molecule has 1 aromatic rings. The van der Waals surface area contributed by atoms with Gasteiger partial charge in [0.05, 0.1) is 0 Å². The highest BCUT2D eigenvalue weighted by atomic mass is 79.9. The van der Waals surface area contributed by atoms with Gasteiger partial charge in [0, 0.05) is 22.9 Å². The van der Waals surface area contributed by atoms with Crippen molar-refractivity contribution in [1.82, 2.24) is 4.98 Å². The first-order valence-electron chi connectivity index (χ1n) is 3.06. The summed E-state index contributed by atoms with van der Waals surface area (Å²) >= 11 is 3.31. The topological polar surface area (TPSA) is 38.9 Å². The van der Waals surface area contributed by atoms with Crippen molar-refractivity contribution in [1.29, 1.82) is 0 Å². The third-order valence-electron chi connectivity index (χ3n) is 1.25. The molecule has 0 bridgehead atoms. The van der Waals surface area contributed by atoms with E-state index in [9.17, 15) is 0 Å². The molecule has 2 N–H and O–H groups in total. The Morgan fingerprint density at radius 1 is 1.60 bits per heavy atom. The van der Waals surface area contributed by atoms with E-state index in [0.29, 0.717) is 0 Å². The highest BCUT2D eigenvalue weighted by Gasteiger charge is 1.98. The minimum absolute atomic E-state index is 0.0602. The van der Waals surface area contributed by atoms with E-state index < -0.39 is 0 Å². The lowest BCUT2D eigenvalue weighted by molar-refractivity contribution is 0.810. The predicted octanol–water partition coefficient (Wildman–Crippen LogP) is 1.86. The summed E-state index contributed by atoms with van der Waals surface area (Å²) in [6, 6.07) is 2.03. The van der Waals surface area contributed by atoms with E-state index in [1.165, 1.54) is 0 Å². The third kappa shape index (κ3) is 1.78. The van der Waals surface area contributed by atoms with Crippen LogP contribution in [0, 0.1) is 0 Å². The molecule has 54 valence electrons. The SMILES string of the molecule is C[C@@H](N)c1cncc(Br)c1. The molecule has 0 aliphatic rings. The van der Waals surface area contributed by atoms with Crippen LogP contribution in [0.1, 0.15) is 18.5 Å². The van der Waals surface area contributed by atoms with Gasteiger partial charge in [0.1, 0.15) is 0 Å². The molecule has 0 saturated carbocycles. The molecule has 0 amide bonds. The Hall–Kier alpha value is -0.410. The number of nitrogens with two attached hydrogens (primary N) is 1. The number of hydrogen-bond acceptors (Lipinski definition) is 2. The highest BCUT2D eigenvalue weighted by molar-refractivity contribution is 9.10. The van der Waals surface area contributed by atoms with Crippen molar-refractivity contribution in [2.45, 2.75) is 13.0 Å². The minimum Gasteiger partial charge on any atom is -0.324 e. The van der Waals surface area contributed by atoms with E-state index in [-0.39, 0.29) is 6.04 Å². The van der Waals surface area contributed by atoms with Crippen molar-refractivity contribution < 1.29 is 0 Å². The van der Waals surface area contributed by atoms with E-state index in [0.717, 1.165) is 10.0 Å². The molecule has 10 heavy (non-hydrogen) atoms. The first-order valence-corrected chi connectivity index (χ1v) is 3.85. The van der Waals surface area contributed by atoms with Crippen LogP contribution in [0.25, 0.3) is 0 Å². The van der Waals surface area contributed by atoms with Gasteiger partial charge in [-0.3, -0.25) is 4.98 Å². The van der Waals surface area contributed by atoms with E-state index in [4.69, 9.17) is 5.73 Å². The van der Waals surface area contributed by atoms with Crippen LogP contribution in [-0.2, 0) is 0 Å². The molecule has 0 fully saturated rings. The zero-order valence-electron chi connectivity index (χ0n) is 5.71. The lowest BCUT2D eigenvalue weighted by Crippen LogP contribution is -2.04. The van der Waals surface area contributed by atoms with Gasteiger partial charge >= 0.3 is 0 Å². The van der Waals surface area contributed by atoms with Crippen molar-refractivity contribution in [2.75, 3.05) is 0 Å². The summed E-state index contributed by atoms with van der Waals surface area (Å²) in [6.45, 7) is 1.93. The standard InChI is InChI=1S/C7H9BrN2/c1-5(9)6-2-7(8)4-10-3-6/h2-5H,9H2,1H3/t5-/m1/s1. The van der Waals surface area contributed by atoms with Crippen LogP contribution in [-0.4, -0.2) is 4.98 Å². The highest BCUT2D eigenvalue weighted by Crippen LogP contribution is 2.13. The van der Waals surface area contributed by atoms with Gasteiger partial charge in [-0.2, -0.15) is 0 Å². The number of hydrogen-bond donors (Lipinski definition) is 1. The Morgan fingerprint density at radius 2 is 2.30 bits per heavy atom. The molecule has 0 aromatic carbocycles. The summed E-state index contributed by atoms with van der Waals surface area (Å²) in [5, 5.41) is 0. The van der Waals surface area contributed by atoms with Crippen LogP contribution in [0.3, 0.4) is 0 Å². The van der Waals surface area contributed by atoms with Gasteiger partial charge in [-0.05, 0) is 34.5 Å². The van der Waals surface area contributed by atoms with Crippen molar-refractivity contribution >= 4 is 15.9 Å². The molecule has 0 radical (unpaired) electrons. The number of nitrogens with zero attached hydrogens (tertiary/aromatic N) is 1. The first kappa shape index (κ1) is 7.69. The molecular formula is C7H9BrN2. The summed E-state index contributed by atoms with van der Waals surface area (Å²) < 4.78 is 0.974. The van der Waals surface area contributed by atoms with E-state index in [1.54, 1.807) is 12.4 Å². The fourth-order valence-corrected chi connectivity index (χ4v) is 1.06. The second kappa shape index (κ2) is 3.12. The average Bonchev–Trinajstić information content (AvgIpc) is 1.88. The van der Waals surface area contributed by atoms with Crippen LogP contribution in [0.4, 0.5) is 0 Å². The summed E-state index contributed by atoms with van der Waals surface area (Å²) in [4.78, 5) is 3.98. The van der Waals surface area contributed by atoms with Gasteiger partial charge in [-0.25, -0.2) is 0 Å². The quantitative estimate of drug-likeness (QED) is 0.753. The smallest absolute Gasteiger partial charge is 0.0410 e. The molecule has 1 heterocycles. The number of halogens is 1. The van der Waals surface area contributed by atoms with E-state index >= 15 is 0 Å². The summed E-state index contributed by atoms with van der Waals surface area (Å²) in [7, 11) is 0. The Bertz CT molecular complexity index is 223. The third-order valence-corrected chi connectivity index (χ3v) is 1.69. The Balaban J connectivity index is 2.96. The fourth-order valence-electron chi connectivity index (χ4n) is 0.677. The van der Waals surface area contributed by atoms with Crippen molar-refractivity contribution in [2.24, 2.45) is 5.73 Å². The first-order chi connectivity index (χ1) is 4.70. The van der Waals surface area contributed by atoms with Crippen LogP contribution >= 0.6 is 15.9 Å². The van der Waals surface area contributed by atoms with Crippen LogP contribution in [0.2, 0.25) is 0 Å². The van der Waals surface area contributed by atoms with Crippen LogP contribution < -0.4 is 5.73 Å². The molecule has 0 saturated heterocycles. The monoisotopic (exact) mass is 200 g/mol. The molecule has 2 nitrogen and oxygen atoms in total. The number of pyridine rings is 1. The number of aromatic nitrogens is 1. The molecule has 0 spiro atoms.